The van der Waals surface area contributed by atoms with E-state index in [9.17, 15) is 0 Å². The molecular formula is C15H25N5. The van der Waals surface area contributed by atoms with Gasteiger partial charge in [-0.25, -0.2) is 9.97 Å². The van der Waals surface area contributed by atoms with Crippen LogP contribution in [0.2, 0.25) is 0 Å². The van der Waals surface area contributed by atoms with Crippen LogP contribution in [-0.2, 0) is 0 Å². The Morgan fingerprint density at radius 1 is 1.10 bits per heavy atom. The number of piperazine rings is 1. The van der Waals surface area contributed by atoms with Crippen molar-refractivity contribution in [1.29, 1.82) is 0 Å². The molecule has 2 aliphatic rings. The first-order valence-corrected chi connectivity index (χ1v) is 7.68. The van der Waals surface area contributed by atoms with Gasteiger partial charge in [0.2, 0.25) is 0 Å². The molecule has 0 spiro atoms. The van der Waals surface area contributed by atoms with E-state index >= 15 is 0 Å². The molecule has 5 heteroatoms. The number of aryl methyl sites for hydroxylation is 1. The van der Waals surface area contributed by atoms with Gasteiger partial charge in [0.1, 0.15) is 12.1 Å². The minimum Gasteiger partial charge on any atom is -0.354 e. The van der Waals surface area contributed by atoms with E-state index in [0.717, 1.165) is 43.7 Å². The lowest BCUT2D eigenvalue weighted by Crippen LogP contribution is -2.54. The minimum atomic E-state index is 0.753. The van der Waals surface area contributed by atoms with E-state index < -0.39 is 0 Å². The standard InChI is InChI=1S/C15H25N5/c1-13-10-15(17-12-16-13)20-8-6-19(7-9-20)14-4-3-5-18(2)11-14/h10,12,14H,3-9,11H2,1-2H3. The maximum absolute atomic E-state index is 4.40. The zero-order valence-corrected chi connectivity index (χ0v) is 12.6. The van der Waals surface area contributed by atoms with Gasteiger partial charge in [-0.3, -0.25) is 4.90 Å². The predicted molar refractivity (Wildman–Crippen MR) is 81.1 cm³/mol. The van der Waals surface area contributed by atoms with E-state index in [0.29, 0.717) is 0 Å². The summed E-state index contributed by atoms with van der Waals surface area (Å²) in [5.74, 6) is 1.08. The van der Waals surface area contributed by atoms with Crippen LogP contribution in [-0.4, -0.2) is 72.1 Å². The van der Waals surface area contributed by atoms with Crippen molar-refractivity contribution in [1.82, 2.24) is 19.8 Å². The smallest absolute Gasteiger partial charge is 0.132 e. The first kappa shape index (κ1) is 13.8. The Balaban J connectivity index is 1.56. The van der Waals surface area contributed by atoms with E-state index in [1.165, 1.54) is 25.9 Å². The average Bonchev–Trinajstić information content (AvgIpc) is 2.47. The Kier molecular flexibility index (Phi) is 4.17. The van der Waals surface area contributed by atoms with Gasteiger partial charge in [0.15, 0.2) is 0 Å². The van der Waals surface area contributed by atoms with E-state index in [1.807, 2.05) is 6.92 Å². The number of anilines is 1. The molecule has 1 unspecified atom stereocenters. The lowest BCUT2D eigenvalue weighted by atomic mass is 10.0. The number of rotatable bonds is 2. The van der Waals surface area contributed by atoms with Gasteiger partial charge < -0.3 is 9.80 Å². The SMILES string of the molecule is Cc1cc(N2CCN(C3CCCN(C)C3)CC2)ncn1. The lowest BCUT2D eigenvalue weighted by molar-refractivity contribution is 0.106. The lowest BCUT2D eigenvalue weighted by Gasteiger charge is -2.43. The molecule has 1 aromatic heterocycles. The number of likely N-dealkylation sites (tertiary alicyclic amines) is 1. The monoisotopic (exact) mass is 275 g/mol. The Hall–Kier alpha value is -1.20. The van der Waals surface area contributed by atoms with Gasteiger partial charge in [-0.05, 0) is 33.4 Å². The number of piperidine rings is 1. The van der Waals surface area contributed by atoms with Crippen molar-refractivity contribution in [3.05, 3.63) is 18.1 Å². The molecule has 0 amide bonds. The zero-order valence-electron chi connectivity index (χ0n) is 12.6. The minimum absolute atomic E-state index is 0.753. The number of aromatic nitrogens is 2. The normalized spacial score (nSPS) is 25.9. The van der Waals surface area contributed by atoms with Crippen LogP contribution in [0, 0.1) is 6.92 Å². The molecule has 1 aromatic rings. The molecule has 20 heavy (non-hydrogen) atoms. The predicted octanol–water partition coefficient (Wildman–Crippen LogP) is 1.00. The first-order chi connectivity index (χ1) is 9.72. The largest absolute Gasteiger partial charge is 0.354 e. The maximum Gasteiger partial charge on any atom is 0.132 e. The molecule has 0 aromatic carbocycles. The van der Waals surface area contributed by atoms with Crippen LogP contribution in [0.25, 0.3) is 0 Å². The van der Waals surface area contributed by atoms with Crippen LogP contribution in [0.4, 0.5) is 5.82 Å². The molecule has 2 aliphatic heterocycles. The van der Waals surface area contributed by atoms with Crippen LogP contribution in [0.1, 0.15) is 18.5 Å². The molecule has 0 radical (unpaired) electrons. The van der Waals surface area contributed by atoms with Crippen molar-refractivity contribution in [2.45, 2.75) is 25.8 Å². The van der Waals surface area contributed by atoms with Crippen LogP contribution in [0.3, 0.4) is 0 Å². The van der Waals surface area contributed by atoms with Crippen LogP contribution in [0.5, 0.6) is 0 Å². The highest BCUT2D eigenvalue weighted by molar-refractivity contribution is 5.39. The van der Waals surface area contributed by atoms with Gasteiger partial charge in [-0.1, -0.05) is 0 Å². The second kappa shape index (κ2) is 6.06. The molecule has 2 fully saturated rings. The third-order valence-electron chi connectivity index (χ3n) is 4.54. The fourth-order valence-electron chi connectivity index (χ4n) is 3.37. The van der Waals surface area contributed by atoms with Crippen molar-refractivity contribution >= 4 is 5.82 Å². The molecular weight excluding hydrogens is 250 g/mol. The summed E-state index contributed by atoms with van der Waals surface area (Å²) in [7, 11) is 2.24. The number of hydrogen-bond acceptors (Lipinski definition) is 5. The third kappa shape index (κ3) is 3.10. The average molecular weight is 275 g/mol. The van der Waals surface area contributed by atoms with Crippen molar-refractivity contribution in [3.8, 4) is 0 Å². The fourth-order valence-corrected chi connectivity index (χ4v) is 3.37. The number of hydrogen-bond donors (Lipinski definition) is 0. The summed E-state index contributed by atoms with van der Waals surface area (Å²) in [6, 6.07) is 2.84. The highest BCUT2D eigenvalue weighted by Crippen LogP contribution is 2.19. The van der Waals surface area contributed by atoms with Gasteiger partial charge in [0.25, 0.3) is 0 Å². The Morgan fingerprint density at radius 3 is 2.60 bits per heavy atom. The summed E-state index contributed by atoms with van der Waals surface area (Å²) in [5.41, 5.74) is 1.05. The maximum atomic E-state index is 4.40. The van der Waals surface area contributed by atoms with E-state index in [4.69, 9.17) is 0 Å². The second-order valence-electron chi connectivity index (χ2n) is 6.10. The molecule has 2 saturated heterocycles. The van der Waals surface area contributed by atoms with Crippen molar-refractivity contribution in [2.75, 3.05) is 51.2 Å². The van der Waals surface area contributed by atoms with Crippen LogP contribution >= 0.6 is 0 Å². The van der Waals surface area contributed by atoms with E-state index in [1.54, 1.807) is 6.33 Å². The Morgan fingerprint density at radius 2 is 1.90 bits per heavy atom. The van der Waals surface area contributed by atoms with Gasteiger partial charge >= 0.3 is 0 Å². The van der Waals surface area contributed by atoms with Crippen molar-refractivity contribution < 1.29 is 0 Å². The first-order valence-electron chi connectivity index (χ1n) is 7.68. The van der Waals surface area contributed by atoms with E-state index in [2.05, 4.69) is 37.8 Å². The van der Waals surface area contributed by atoms with E-state index in [-0.39, 0.29) is 0 Å². The number of likely N-dealkylation sites (N-methyl/N-ethyl adjacent to an activating group) is 1. The highest BCUT2D eigenvalue weighted by atomic mass is 15.3. The highest BCUT2D eigenvalue weighted by Gasteiger charge is 2.27. The summed E-state index contributed by atoms with van der Waals surface area (Å²) < 4.78 is 0. The van der Waals surface area contributed by atoms with Crippen molar-refractivity contribution in [2.24, 2.45) is 0 Å². The molecule has 3 heterocycles. The van der Waals surface area contributed by atoms with Gasteiger partial charge in [0.05, 0.1) is 0 Å². The van der Waals surface area contributed by atoms with Crippen molar-refractivity contribution in [3.63, 3.8) is 0 Å². The molecule has 0 saturated carbocycles. The third-order valence-corrected chi connectivity index (χ3v) is 4.54. The summed E-state index contributed by atoms with van der Waals surface area (Å²) in [4.78, 5) is 16.1. The second-order valence-corrected chi connectivity index (χ2v) is 6.10. The quantitative estimate of drug-likeness (QED) is 0.805. The molecule has 0 aliphatic carbocycles. The summed E-state index contributed by atoms with van der Waals surface area (Å²) in [6.45, 7) is 8.99. The van der Waals surface area contributed by atoms with Crippen LogP contribution < -0.4 is 4.90 Å². The molecule has 0 bridgehead atoms. The van der Waals surface area contributed by atoms with Crippen LogP contribution in [0.15, 0.2) is 12.4 Å². The Labute approximate surface area is 121 Å². The zero-order chi connectivity index (χ0) is 13.9. The van der Waals surface area contributed by atoms with Gasteiger partial charge in [-0.2, -0.15) is 0 Å². The summed E-state index contributed by atoms with van der Waals surface area (Å²) in [5, 5.41) is 0. The number of nitrogens with zero attached hydrogens (tertiary/aromatic N) is 5. The fraction of sp³-hybridized carbons (Fsp3) is 0.733. The summed E-state index contributed by atoms with van der Waals surface area (Å²) >= 11 is 0. The molecule has 0 N–H and O–H groups in total. The topological polar surface area (TPSA) is 35.5 Å². The van der Waals surface area contributed by atoms with Gasteiger partial charge in [0, 0.05) is 50.5 Å². The molecule has 5 nitrogen and oxygen atoms in total. The molecule has 110 valence electrons. The Bertz CT molecular complexity index is 442. The molecule has 3 rings (SSSR count). The molecule has 1 atom stereocenters. The summed E-state index contributed by atoms with van der Waals surface area (Å²) in [6.07, 6.45) is 4.37. The van der Waals surface area contributed by atoms with Gasteiger partial charge in [-0.15, -0.1) is 0 Å².